The van der Waals surface area contributed by atoms with Crippen molar-refractivity contribution in [2.75, 3.05) is 11.1 Å². The highest BCUT2D eigenvalue weighted by molar-refractivity contribution is 7.91. The van der Waals surface area contributed by atoms with Crippen molar-refractivity contribution in [1.82, 2.24) is 0 Å². The van der Waals surface area contributed by atoms with Crippen molar-refractivity contribution in [3.63, 3.8) is 0 Å². The van der Waals surface area contributed by atoms with E-state index in [4.69, 9.17) is 16.3 Å². The second-order valence-electron chi connectivity index (χ2n) is 7.91. The lowest BCUT2D eigenvalue weighted by Crippen LogP contribution is -2.14. The lowest BCUT2D eigenvalue weighted by atomic mass is 10.0. The number of nitrogens with one attached hydrogen (secondary N) is 1. The summed E-state index contributed by atoms with van der Waals surface area (Å²) in [6.45, 7) is 1.60. The van der Waals surface area contributed by atoms with E-state index in [1.165, 1.54) is 12.1 Å². The highest BCUT2D eigenvalue weighted by Gasteiger charge is 2.14. The first kappa shape index (κ1) is 24.5. The molecule has 4 rings (SSSR count). The van der Waals surface area contributed by atoms with E-state index in [2.05, 4.69) is 5.32 Å². The maximum atomic E-state index is 12.7. The fraction of sp³-hybridized carbons (Fsp3) is 0.107. The molecule has 0 saturated carbocycles. The van der Waals surface area contributed by atoms with Gasteiger partial charge in [0, 0.05) is 22.3 Å². The third kappa shape index (κ3) is 6.29. The predicted molar refractivity (Wildman–Crippen MR) is 140 cm³/mol. The number of halogens is 1. The quantitative estimate of drug-likeness (QED) is 0.286. The number of amides is 1. The van der Waals surface area contributed by atoms with Crippen molar-refractivity contribution in [3.05, 3.63) is 108 Å². The number of hydrogen-bond acceptors (Lipinski definition) is 4. The average molecular weight is 506 g/mol. The molecule has 178 valence electrons. The standard InChI is InChI=1S/C28H24ClNO4S/c1-2-35(32,33)25-14-11-20(12-15-25)17-28(31)30-23-13-16-26(21-7-6-8-22(29)18-21)27(19-23)34-24-9-4-3-5-10-24/h3-16,18-19H,2,17H2,1H3,(H,30,31). The van der Waals surface area contributed by atoms with E-state index in [0.717, 1.165) is 11.1 Å². The van der Waals surface area contributed by atoms with Gasteiger partial charge in [0.2, 0.25) is 5.91 Å². The lowest BCUT2D eigenvalue weighted by Gasteiger charge is -2.14. The van der Waals surface area contributed by atoms with Crippen LogP contribution in [0.3, 0.4) is 0 Å². The number of sulfone groups is 1. The molecule has 0 aliphatic carbocycles. The molecule has 0 aliphatic heterocycles. The van der Waals surface area contributed by atoms with Gasteiger partial charge >= 0.3 is 0 Å². The molecule has 0 unspecified atom stereocenters. The second kappa shape index (κ2) is 10.8. The van der Waals surface area contributed by atoms with Gasteiger partial charge < -0.3 is 10.1 Å². The Morgan fingerprint density at radius 2 is 1.63 bits per heavy atom. The molecular weight excluding hydrogens is 482 g/mol. The Morgan fingerprint density at radius 3 is 2.31 bits per heavy atom. The van der Waals surface area contributed by atoms with E-state index in [0.29, 0.717) is 27.8 Å². The van der Waals surface area contributed by atoms with Crippen LogP contribution >= 0.6 is 11.6 Å². The van der Waals surface area contributed by atoms with Gasteiger partial charge in [0.25, 0.3) is 0 Å². The second-order valence-corrected chi connectivity index (χ2v) is 10.6. The Morgan fingerprint density at radius 1 is 0.886 bits per heavy atom. The molecule has 4 aromatic carbocycles. The molecular formula is C28H24ClNO4S. The first-order chi connectivity index (χ1) is 16.8. The average Bonchev–Trinajstić information content (AvgIpc) is 2.85. The largest absolute Gasteiger partial charge is 0.457 e. The Hall–Kier alpha value is -3.61. The van der Waals surface area contributed by atoms with Crippen LogP contribution in [0, 0.1) is 0 Å². The summed E-state index contributed by atoms with van der Waals surface area (Å²) in [4.78, 5) is 13.0. The Kier molecular flexibility index (Phi) is 7.54. The molecule has 0 fully saturated rings. The van der Waals surface area contributed by atoms with Crippen LogP contribution in [0.1, 0.15) is 12.5 Å². The molecule has 1 amide bonds. The summed E-state index contributed by atoms with van der Waals surface area (Å²) in [5, 5.41) is 3.51. The van der Waals surface area contributed by atoms with E-state index in [9.17, 15) is 13.2 Å². The first-order valence-corrected chi connectivity index (χ1v) is 13.1. The monoisotopic (exact) mass is 505 g/mol. The van der Waals surface area contributed by atoms with E-state index in [1.807, 2.05) is 66.7 Å². The number of carbonyl (C=O) groups is 1. The zero-order valence-corrected chi connectivity index (χ0v) is 20.6. The molecule has 0 bridgehead atoms. The predicted octanol–water partition coefficient (Wildman–Crippen LogP) is 6.77. The van der Waals surface area contributed by atoms with Gasteiger partial charge in [-0.1, -0.05) is 61.0 Å². The summed E-state index contributed by atoms with van der Waals surface area (Å²) in [6.07, 6.45) is 0.109. The number of para-hydroxylation sites is 1. The van der Waals surface area contributed by atoms with Gasteiger partial charge in [0.1, 0.15) is 11.5 Å². The fourth-order valence-corrected chi connectivity index (χ4v) is 4.64. The van der Waals surface area contributed by atoms with Crippen LogP contribution in [-0.4, -0.2) is 20.1 Å². The van der Waals surface area contributed by atoms with Gasteiger partial charge in [-0.3, -0.25) is 4.79 Å². The van der Waals surface area contributed by atoms with Crippen LogP contribution in [0.25, 0.3) is 11.1 Å². The Bertz CT molecular complexity index is 1440. The van der Waals surface area contributed by atoms with Gasteiger partial charge in [-0.2, -0.15) is 0 Å². The minimum absolute atomic E-state index is 0.0331. The van der Waals surface area contributed by atoms with Gasteiger partial charge in [-0.25, -0.2) is 8.42 Å². The van der Waals surface area contributed by atoms with Crippen LogP contribution in [0.4, 0.5) is 5.69 Å². The molecule has 0 saturated heterocycles. The highest BCUT2D eigenvalue weighted by Crippen LogP contribution is 2.36. The summed E-state index contributed by atoms with van der Waals surface area (Å²) < 4.78 is 30.1. The van der Waals surface area contributed by atoms with Crippen molar-refractivity contribution < 1.29 is 17.9 Å². The van der Waals surface area contributed by atoms with Crippen LogP contribution in [0.15, 0.2) is 102 Å². The maximum Gasteiger partial charge on any atom is 0.228 e. The smallest absolute Gasteiger partial charge is 0.228 e. The summed E-state index contributed by atoms with van der Waals surface area (Å²) in [6, 6.07) is 28.7. The Labute approximate surface area is 210 Å². The Balaban J connectivity index is 1.55. The number of hydrogen-bond donors (Lipinski definition) is 1. The topological polar surface area (TPSA) is 72.5 Å². The van der Waals surface area contributed by atoms with Crippen LogP contribution in [-0.2, 0) is 21.1 Å². The maximum absolute atomic E-state index is 12.7. The highest BCUT2D eigenvalue weighted by atomic mass is 35.5. The fourth-order valence-electron chi connectivity index (χ4n) is 3.57. The summed E-state index contributed by atoms with van der Waals surface area (Å²) in [5.74, 6) is 1.05. The lowest BCUT2D eigenvalue weighted by molar-refractivity contribution is -0.115. The van der Waals surface area contributed by atoms with Gasteiger partial charge in [-0.05, 0) is 59.7 Å². The third-order valence-corrected chi connectivity index (χ3v) is 7.38. The first-order valence-electron chi connectivity index (χ1n) is 11.1. The zero-order valence-electron chi connectivity index (χ0n) is 19.1. The molecule has 0 aliphatic rings. The van der Waals surface area contributed by atoms with Gasteiger partial charge in [-0.15, -0.1) is 0 Å². The summed E-state index contributed by atoms with van der Waals surface area (Å²) in [7, 11) is -3.28. The number of carbonyl (C=O) groups excluding carboxylic acids is 1. The third-order valence-electron chi connectivity index (χ3n) is 5.40. The molecule has 4 aromatic rings. The van der Waals surface area contributed by atoms with Crippen molar-refractivity contribution in [1.29, 1.82) is 0 Å². The summed E-state index contributed by atoms with van der Waals surface area (Å²) in [5.41, 5.74) is 3.02. The van der Waals surface area contributed by atoms with Crippen LogP contribution in [0.5, 0.6) is 11.5 Å². The van der Waals surface area contributed by atoms with Crippen LogP contribution in [0.2, 0.25) is 5.02 Å². The molecule has 7 heteroatoms. The normalized spacial score (nSPS) is 11.1. The molecule has 5 nitrogen and oxygen atoms in total. The van der Waals surface area contributed by atoms with E-state index >= 15 is 0 Å². The van der Waals surface area contributed by atoms with Crippen molar-refractivity contribution >= 4 is 33.0 Å². The number of anilines is 1. The molecule has 0 heterocycles. The molecule has 0 spiro atoms. The minimum atomic E-state index is -3.28. The molecule has 1 N–H and O–H groups in total. The zero-order chi connectivity index (χ0) is 24.8. The SMILES string of the molecule is CCS(=O)(=O)c1ccc(CC(=O)Nc2ccc(-c3cccc(Cl)c3)c(Oc3ccccc3)c2)cc1. The van der Waals surface area contributed by atoms with E-state index in [1.54, 1.807) is 25.1 Å². The van der Waals surface area contributed by atoms with Gasteiger partial charge in [0.05, 0.1) is 17.1 Å². The molecule has 0 aromatic heterocycles. The number of benzene rings is 4. The van der Waals surface area contributed by atoms with Crippen molar-refractivity contribution in [3.8, 4) is 22.6 Å². The van der Waals surface area contributed by atoms with E-state index in [-0.39, 0.29) is 23.0 Å². The number of rotatable bonds is 8. The van der Waals surface area contributed by atoms with Crippen LogP contribution < -0.4 is 10.1 Å². The molecule has 0 atom stereocenters. The van der Waals surface area contributed by atoms with Gasteiger partial charge in [0.15, 0.2) is 9.84 Å². The minimum Gasteiger partial charge on any atom is -0.457 e. The van der Waals surface area contributed by atoms with Crippen molar-refractivity contribution in [2.45, 2.75) is 18.2 Å². The van der Waals surface area contributed by atoms with Crippen molar-refractivity contribution in [2.24, 2.45) is 0 Å². The van der Waals surface area contributed by atoms with E-state index < -0.39 is 9.84 Å². The molecule has 0 radical (unpaired) electrons. The number of ether oxygens (including phenoxy) is 1. The summed E-state index contributed by atoms with van der Waals surface area (Å²) >= 11 is 6.20. The molecule has 35 heavy (non-hydrogen) atoms.